The van der Waals surface area contributed by atoms with E-state index in [0.29, 0.717) is 19.3 Å². The molecule has 0 spiro atoms. The van der Waals surface area contributed by atoms with Crippen LogP contribution in [0.25, 0.3) is 0 Å². The Hall–Kier alpha value is -1.67. The molecule has 1 amide bonds. The lowest BCUT2D eigenvalue weighted by atomic mass is 9.47. The molecule has 2 aliphatic rings. The summed E-state index contributed by atoms with van der Waals surface area (Å²) in [5.41, 5.74) is -0.405. The van der Waals surface area contributed by atoms with Gasteiger partial charge in [0.25, 0.3) is 0 Å². The molecule has 3 rings (SSSR count). The third-order valence-corrected chi connectivity index (χ3v) is 8.65. The summed E-state index contributed by atoms with van der Waals surface area (Å²) < 4.78 is 25.8. The number of nitrogens with zero attached hydrogens (tertiary/aromatic N) is 1. The number of carbonyl (C=O) groups is 1. The highest BCUT2D eigenvalue weighted by Crippen LogP contribution is 2.62. The number of sulfonamides is 1. The van der Waals surface area contributed by atoms with Gasteiger partial charge in [-0.25, -0.2) is 13.4 Å². The molecular formula is C20H29N3O5S2. The van der Waals surface area contributed by atoms with Crippen LogP contribution in [0.3, 0.4) is 0 Å². The van der Waals surface area contributed by atoms with E-state index in [9.17, 15) is 23.4 Å². The lowest BCUT2D eigenvalue weighted by molar-refractivity contribution is -0.144. The third-order valence-electron chi connectivity index (χ3n) is 6.94. The monoisotopic (exact) mass is 455 g/mol. The predicted molar refractivity (Wildman–Crippen MR) is 116 cm³/mol. The van der Waals surface area contributed by atoms with Crippen molar-refractivity contribution in [2.75, 3.05) is 24.1 Å². The second-order valence-electron chi connectivity index (χ2n) is 8.92. The first-order chi connectivity index (χ1) is 13.9. The van der Waals surface area contributed by atoms with Crippen molar-refractivity contribution in [3.63, 3.8) is 0 Å². The highest BCUT2D eigenvalue weighted by molar-refractivity contribution is 7.92. The van der Waals surface area contributed by atoms with Crippen molar-refractivity contribution in [2.45, 2.75) is 51.6 Å². The maximum atomic E-state index is 12.6. The molecule has 1 aromatic rings. The predicted octanol–water partition coefficient (Wildman–Crippen LogP) is 1.07. The van der Waals surface area contributed by atoms with Crippen molar-refractivity contribution in [1.29, 1.82) is 0 Å². The molecule has 0 bridgehead atoms. The van der Waals surface area contributed by atoms with Gasteiger partial charge in [-0.15, -0.1) is 17.8 Å². The van der Waals surface area contributed by atoms with Gasteiger partial charge in [-0.05, 0) is 30.6 Å². The van der Waals surface area contributed by atoms with Crippen LogP contribution in [0.2, 0.25) is 0 Å². The highest BCUT2D eigenvalue weighted by Gasteiger charge is 2.59. The van der Waals surface area contributed by atoms with E-state index in [4.69, 9.17) is 6.42 Å². The molecule has 1 aromatic heterocycles. The van der Waals surface area contributed by atoms with Crippen LogP contribution in [-0.4, -0.2) is 55.0 Å². The van der Waals surface area contributed by atoms with Crippen LogP contribution in [0.15, 0.2) is 0 Å². The second-order valence-corrected chi connectivity index (χ2v) is 11.8. The number of hydrogen-bond acceptors (Lipinski definition) is 7. The van der Waals surface area contributed by atoms with Crippen LogP contribution >= 0.6 is 11.3 Å². The topological polar surface area (TPSA) is 129 Å². The van der Waals surface area contributed by atoms with E-state index in [0.717, 1.165) is 16.8 Å². The van der Waals surface area contributed by atoms with Gasteiger partial charge in [0.1, 0.15) is 0 Å². The van der Waals surface area contributed by atoms with Crippen LogP contribution in [0.5, 0.6) is 0 Å². The van der Waals surface area contributed by atoms with Gasteiger partial charge in [0.05, 0.1) is 31.2 Å². The SMILES string of the molecule is C#CCNC(=O)CC1c2nc(NS(C)(=O)=O)sc2CC2C(C)(CO)C(O)CCC12C. The van der Waals surface area contributed by atoms with E-state index in [-0.39, 0.29) is 42.4 Å². The number of rotatable bonds is 6. The van der Waals surface area contributed by atoms with Crippen LogP contribution in [0.4, 0.5) is 5.13 Å². The lowest BCUT2D eigenvalue weighted by Gasteiger charge is -2.58. The number of amides is 1. The molecule has 1 fully saturated rings. The van der Waals surface area contributed by atoms with Crippen molar-refractivity contribution >= 4 is 32.4 Å². The summed E-state index contributed by atoms with van der Waals surface area (Å²) in [6.07, 6.45) is 7.57. The Labute approximate surface area is 181 Å². The average molecular weight is 456 g/mol. The lowest BCUT2D eigenvalue weighted by Crippen LogP contribution is -2.57. The molecule has 4 N–H and O–H groups in total. The fraction of sp³-hybridized carbons (Fsp3) is 0.700. The normalized spacial score (nSPS) is 33.1. The van der Waals surface area contributed by atoms with E-state index >= 15 is 0 Å². The van der Waals surface area contributed by atoms with Crippen LogP contribution in [0, 0.1) is 29.1 Å². The Kier molecular flexibility index (Phi) is 6.22. The maximum Gasteiger partial charge on any atom is 0.231 e. The molecule has 30 heavy (non-hydrogen) atoms. The Morgan fingerprint density at radius 1 is 1.43 bits per heavy atom. The van der Waals surface area contributed by atoms with Crippen molar-refractivity contribution in [2.24, 2.45) is 16.7 Å². The molecular weight excluding hydrogens is 426 g/mol. The number of fused-ring (bicyclic) bond motifs is 2. The zero-order valence-corrected chi connectivity index (χ0v) is 19.1. The number of thiazole rings is 1. The summed E-state index contributed by atoms with van der Waals surface area (Å²) in [5, 5.41) is 23.9. The van der Waals surface area contributed by atoms with Gasteiger partial charge in [-0.1, -0.05) is 19.8 Å². The average Bonchev–Trinajstić information content (AvgIpc) is 3.05. The molecule has 1 saturated carbocycles. The molecule has 0 aromatic carbocycles. The van der Waals surface area contributed by atoms with Crippen molar-refractivity contribution < 1.29 is 23.4 Å². The minimum absolute atomic E-state index is 0.0942. The number of aliphatic hydroxyl groups excluding tert-OH is 2. The minimum atomic E-state index is -3.49. The number of terminal acetylenes is 1. The molecule has 10 heteroatoms. The van der Waals surface area contributed by atoms with Gasteiger partial charge in [0, 0.05) is 22.6 Å². The van der Waals surface area contributed by atoms with Crippen molar-refractivity contribution in [3.8, 4) is 12.3 Å². The first-order valence-electron chi connectivity index (χ1n) is 9.91. The fourth-order valence-corrected chi connectivity index (χ4v) is 7.16. The Bertz CT molecular complexity index is 970. The Balaban J connectivity index is 2.07. The van der Waals surface area contributed by atoms with Crippen LogP contribution in [-0.2, 0) is 21.2 Å². The molecule has 0 saturated heterocycles. The number of carbonyl (C=O) groups excluding carboxylic acids is 1. The molecule has 1 heterocycles. The standard InChI is InChI=1S/C20H29N3O5S2/c1-5-8-21-16(26)9-12-17-13(29-18(22-17)23-30(4,27)28)10-14-19(12,2)7-6-15(25)20(14,3)11-24/h1,12,14-15,24-25H,6-11H2,2-4H3,(H,21,26)(H,22,23). The number of aliphatic hydroxyl groups is 2. The van der Waals surface area contributed by atoms with Gasteiger partial charge < -0.3 is 15.5 Å². The summed E-state index contributed by atoms with van der Waals surface area (Å²) in [6, 6.07) is 0. The summed E-state index contributed by atoms with van der Waals surface area (Å²) >= 11 is 1.25. The number of nitrogens with one attached hydrogen (secondary N) is 2. The van der Waals surface area contributed by atoms with Gasteiger partial charge in [0.15, 0.2) is 5.13 Å². The highest BCUT2D eigenvalue weighted by atomic mass is 32.2. The van der Waals surface area contributed by atoms with Crippen molar-refractivity contribution in [3.05, 3.63) is 10.6 Å². The molecule has 5 atom stereocenters. The van der Waals surface area contributed by atoms with Crippen LogP contribution < -0.4 is 10.0 Å². The first kappa shape index (κ1) is 23.0. The zero-order chi connectivity index (χ0) is 22.3. The van der Waals surface area contributed by atoms with E-state index in [2.05, 4.69) is 27.9 Å². The molecule has 0 aliphatic heterocycles. The van der Waals surface area contributed by atoms with Gasteiger partial charge in [-0.3, -0.25) is 9.52 Å². The number of anilines is 1. The third kappa shape index (κ3) is 4.08. The van der Waals surface area contributed by atoms with Gasteiger partial charge in [0.2, 0.25) is 15.9 Å². The summed E-state index contributed by atoms with van der Waals surface area (Å²) in [7, 11) is -3.49. The number of hydrogen-bond donors (Lipinski definition) is 4. The fourth-order valence-electron chi connectivity index (χ4n) is 5.26. The van der Waals surface area contributed by atoms with Crippen molar-refractivity contribution in [1.82, 2.24) is 10.3 Å². The summed E-state index contributed by atoms with van der Waals surface area (Å²) in [6.45, 7) is 3.93. The van der Waals surface area contributed by atoms with E-state index in [1.54, 1.807) is 0 Å². The van der Waals surface area contributed by atoms with E-state index in [1.165, 1.54) is 11.3 Å². The Morgan fingerprint density at radius 2 is 2.13 bits per heavy atom. The molecule has 5 unspecified atom stereocenters. The zero-order valence-electron chi connectivity index (χ0n) is 17.4. The minimum Gasteiger partial charge on any atom is -0.396 e. The molecule has 8 nitrogen and oxygen atoms in total. The number of aromatic nitrogens is 1. The van der Waals surface area contributed by atoms with E-state index < -0.39 is 27.0 Å². The Morgan fingerprint density at radius 3 is 2.73 bits per heavy atom. The summed E-state index contributed by atoms with van der Waals surface area (Å²) in [5.74, 6) is 1.81. The first-order valence-corrected chi connectivity index (χ1v) is 12.6. The molecule has 0 radical (unpaired) electrons. The second kappa shape index (κ2) is 8.11. The van der Waals surface area contributed by atoms with E-state index in [1.807, 2.05) is 6.92 Å². The molecule has 2 aliphatic carbocycles. The summed E-state index contributed by atoms with van der Waals surface area (Å²) in [4.78, 5) is 18.0. The quantitative estimate of drug-likeness (QED) is 0.475. The van der Waals surface area contributed by atoms with Gasteiger partial charge in [-0.2, -0.15) is 0 Å². The molecule has 166 valence electrons. The smallest absolute Gasteiger partial charge is 0.231 e. The largest absolute Gasteiger partial charge is 0.396 e. The van der Waals surface area contributed by atoms with Gasteiger partial charge >= 0.3 is 0 Å². The van der Waals surface area contributed by atoms with Crippen LogP contribution in [0.1, 0.15) is 49.6 Å². The maximum absolute atomic E-state index is 12.6.